The van der Waals surface area contributed by atoms with Gasteiger partial charge in [0.25, 0.3) is 0 Å². The fourth-order valence-electron chi connectivity index (χ4n) is 4.99. The van der Waals surface area contributed by atoms with Gasteiger partial charge in [0.15, 0.2) is 0 Å². The van der Waals surface area contributed by atoms with Crippen LogP contribution in [0, 0.1) is 6.92 Å². The van der Waals surface area contributed by atoms with Crippen LogP contribution >= 0.6 is 23.5 Å². The van der Waals surface area contributed by atoms with Gasteiger partial charge in [-0.2, -0.15) is 4.57 Å². The molecule has 0 atom stereocenters. The molecule has 0 bridgehead atoms. The molecule has 0 saturated heterocycles. The Morgan fingerprint density at radius 2 is 1.35 bits per heavy atom. The molecule has 0 fully saturated rings. The number of hydrogen-bond donors (Lipinski definition) is 0. The van der Waals surface area contributed by atoms with E-state index in [1.165, 1.54) is 61.1 Å². The Kier molecular flexibility index (Phi) is 6.94. The molecule has 0 radical (unpaired) electrons. The van der Waals surface area contributed by atoms with Crippen LogP contribution in [-0.4, -0.2) is 12.5 Å². The molecule has 1 nitrogen and oxygen atoms in total. The highest BCUT2D eigenvalue weighted by molar-refractivity contribution is 8.21. The van der Waals surface area contributed by atoms with Crippen molar-refractivity contribution in [3.05, 3.63) is 112 Å². The zero-order chi connectivity index (χ0) is 23.5. The second kappa shape index (κ2) is 10.2. The number of benzene rings is 3. The van der Waals surface area contributed by atoms with Gasteiger partial charge in [-0.1, -0.05) is 66.2 Å². The monoisotopic (exact) mass is 480 g/mol. The van der Waals surface area contributed by atoms with Crippen LogP contribution in [-0.2, 0) is 6.42 Å². The van der Waals surface area contributed by atoms with E-state index in [2.05, 4.69) is 115 Å². The highest BCUT2D eigenvalue weighted by Crippen LogP contribution is 2.43. The third-order valence-corrected chi connectivity index (χ3v) is 8.79. The molecule has 0 saturated carbocycles. The number of hydrogen-bond acceptors (Lipinski definition) is 2. The van der Waals surface area contributed by atoms with Crippen molar-refractivity contribution in [1.29, 1.82) is 0 Å². The zero-order valence-corrected chi connectivity index (χ0v) is 21.7. The lowest BCUT2D eigenvalue weighted by atomic mass is 9.85. The lowest BCUT2D eigenvalue weighted by molar-refractivity contribution is -0.587. The number of aromatic nitrogens is 1. The highest BCUT2D eigenvalue weighted by atomic mass is 32.2. The Morgan fingerprint density at radius 1 is 0.735 bits per heavy atom. The molecule has 3 aromatic carbocycles. The van der Waals surface area contributed by atoms with E-state index in [0.29, 0.717) is 0 Å². The predicted octanol–water partition coefficient (Wildman–Crippen LogP) is 8.34. The van der Waals surface area contributed by atoms with Crippen molar-refractivity contribution in [1.82, 2.24) is 0 Å². The molecule has 0 N–H and O–H groups in total. The number of thioether (sulfide) groups is 2. The average Bonchev–Trinajstić information content (AvgIpc) is 2.90. The van der Waals surface area contributed by atoms with Gasteiger partial charge in [0.2, 0.25) is 17.1 Å². The fourth-order valence-corrected chi connectivity index (χ4v) is 6.55. The van der Waals surface area contributed by atoms with Gasteiger partial charge in [-0.15, -0.1) is 23.5 Å². The first-order valence-corrected chi connectivity index (χ1v) is 14.3. The largest absolute Gasteiger partial charge is 0.220 e. The minimum atomic E-state index is 1.10. The first kappa shape index (κ1) is 23.0. The molecule has 5 rings (SSSR count). The van der Waals surface area contributed by atoms with E-state index in [-0.39, 0.29) is 0 Å². The first-order valence-electron chi connectivity index (χ1n) is 11.8. The summed E-state index contributed by atoms with van der Waals surface area (Å²) in [7, 11) is 0. The van der Waals surface area contributed by atoms with Crippen molar-refractivity contribution >= 4 is 29.1 Å². The third kappa shape index (κ3) is 4.35. The summed E-state index contributed by atoms with van der Waals surface area (Å²) in [6, 6.07) is 33.2. The number of aryl methyl sites for hydroxylation is 1. The molecular formula is C31H30NS2+. The molecule has 170 valence electrons. The van der Waals surface area contributed by atoms with Crippen LogP contribution in [0.1, 0.15) is 29.7 Å². The van der Waals surface area contributed by atoms with Crippen molar-refractivity contribution < 1.29 is 4.57 Å². The minimum absolute atomic E-state index is 1.10. The van der Waals surface area contributed by atoms with Crippen LogP contribution in [0.4, 0.5) is 0 Å². The van der Waals surface area contributed by atoms with Crippen molar-refractivity contribution in [2.45, 2.75) is 26.2 Å². The Balaban J connectivity index is 1.95. The van der Waals surface area contributed by atoms with E-state index in [4.69, 9.17) is 0 Å². The summed E-state index contributed by atoms with van der Waals surface area (Å²) in [6.45, 7) is 2.16. The molecule has 34 heavy (non-hydrogen) atoms. The molecular weight excluding hydrogens is 450 g/mol. The summed E-state index contributed by atoms with van der Waals surface area (Å²) in [5.41, 5.74) is 12.0. The number of nitrogens with zero attached hydrogens (tertiary/aromatic N) is 1. The average molecular weight is 481 g/mol. The van der Waals surface area contributed by atoms with E-state index in [0.717, 1.165) is 12.8 Å². The summed E-state index contributed by atoms with van der Waals surface area (Å²) < 4.78 is 3.95. The molecule has 1 aromatic heterocycles. The van der Waals surface area contributed by atoms with E-state index in [1.807, 2.05) is 23.5 Å². The first-order chi connectivity index (χ1) is 16.7. The van der Waals surface area contributed by atoms with Gasteiger partial charge in [0.05, 0.1) is 0 Å². The van der Waals surface area contributed by atoms with E-state index in [1.54, 1.807) is 0 Å². The van der Waals surface area contributed by atoms with Crippen molar-refractivity contribution in [3.8, 4) is 28.1 Å². The van der Waals surface area contributed by atoms with E-state index >= 15 is 0 Å². The molecule has 0 spiro atoms. The van der Waals surface area contributed by atoms with Gasteiger partial charge in [-0.05, 0) is 62.0 Å². The summed E-state index contributed by atoms with van der Waals surface area (Å²) in [6.07, 6.45) is 7.82. The predicted molar refractivity (Wildman–Crippen MR) is 150 cm³/mol. The molecule has 1 aliphatic carbocycles. The van der Waals surface area contributed by atoms with Crippen molar-refractivity contribution in [3.63, 3.8) is 0 Å². The molecule has 4 aromatic rings. The zero-order valence-electron chi connectivity index (χ0n) is 20.0. The van der Waals surface area contributed by atoms with Crippen LogP contribution in [0.15, 0.2) is 95.2 Å². The van der Waals surface area contributed by atoms with Gasteiger partial charge in [-0.3, -0.25) is 0 Å². The Labute approximate surface area is 212 Å². The molecule has 0 unspecified atom stereocenters. The Morgan fingerprint density at radius 3 is 1.97 bits per heavy atom. The van der Waals surface area contributed by atoms with Crippen LogP contribution in [0.25, 0.3) is 33.6 Å². The quantitative estimate of drug-likeness (QED) is 0.264. The Bertz CT molecular complexity index is 1320. The molecule has 1 heterocycles. The normalized spacial score (nSPS) is 13.0. The van der Waals surface area contributed by atoms with Crippen molar-refractivity contribution in [2.24, 2.45) is 0 Å². The SMILES string of the molecule is CSC(SC)=C1CCCc2c(-c3ccccc3)cc(-c3ccccc3)[n+](-c3ccc(C)cc3)c21. The lowest BCUT2D eigenvalue weighted by Crippen LogP contribution is -2.40. The number of pyridine rings is 1. The number of rotatable bonds is 5. The van der Waals surface area contributed by atoms with Gasteiger partial charge in [0.1, 0.15) is 0 Å². The van der Waals surface area contributed by atoms with Gasteiger partial charge in [0, 0.05) is 39.1 Å². The smallest absolute Gasteiger partial charge is 0.153 e. The molecule has 0 amide bonds. The molecule has 0 aliphatic heterocycles. The maximum Gasteiger partial charge on any atom is 0.220 e. The number of fused-ring (bicyclic) bond motifs is 1. The van der Waals surface area contributed by atoms with E-state index < -0.39 is 0 Å². The summed E-state index contributed by atoms with van der Waals surface area (Å²) >= 11 is 3.76. The Hall–Kier alpha value is -2.75. The van der Waals surface area contributed by atoms with Crippen LogP contribution < -0.4 is 4.57 Å². The molecule has 1 aliphatic rings. The second-order valence-electron chi connectivity index (χ2n) is 8.70. The summed E-state index contributed by atoms with van der Waals surface area (Å²) in [5.74, 6) is 0. The summed E-state index contributed by atoms with van der Waals surface area (Å²) in [5, 5.41) is 0. The minimum Gasteiger partial charge on any atom is -0.153 e. The third-order valence-electron chi connectivity index (χ3n) is 6.56. The van der Waals surface area contributed by atoms with Gasteiger partial charge >= 0.3 is 0 Å². The number of allylic oxidation sites excluding steroid dienone is 1. The molecule has 3 heteroatoms. The van der Waals surface area contributed by atoms with Gasteiger partial charge < -0.3 is 0 Å². The van der Waals surface area contributed by atoms with Crippen molar-refractivity contribution in [2.75, 3.05) is 12.5 Å². The van der Waals surface area contributed by atoms with Gasteiger partial charge in [-0.25, -0.2) is 0 Å². The standard InChI is InChI=1S/C31H30NS2/c1-22-17-19-25(20-18-22)32-29(24-13-8-5-9-14-24)21-28(23-11-6-4-7-12-23)26-15-10-16-27(30(26)32)31(33-2)34-3/h4-9,11-14,17-21H,10,15-16H2,1-3H3/q+1. The fraction of sp³-hybridized carbons (Fsp3) is 0.194. The van der Waals surface area contributed by atoms with E-state index in [9.17, 15) is 0 Å². The van der Waals surface area contributed by atoms with Crippen LogP contribution in [0.3, 0.4) is 0 Å². The van der Waals surface area contributed by atoms with Crippen LogP contribution in [0.5, 0.6) is 0 Å². The maximum absolute atomic E-state index is 2.53. The van der Waals surface area contributed by atoms with Crippen LogP contribution in [0.2, 0.25) is 0 Å². The highest BCUT2D eigenvalue weighted by Gasteiger charge is 2.34. The second-order valence-corrected chi connectivity index (χ2v) is 10.6. The topological polar surface area (TPSA) is 3.88 Å². The lowest BCUT2D eigenvalue weighted by Gasteiger charge is -2.24. The maximum atomic E-state index is 2.53. The summed E-state index contributed by atoms with van der Waals surface area (Å²) in [4.78, 5) is 0.